The van der Waals surface area contributed by atoms with E-state index in [0.29, 0.717) is 39.6 Å². The van der Waals surface area contributed by atoms with Crippen molar-refractivity contribution in [2.45, 2.75) is 24.6 Å². The molecule has 9 nitrogen and oxygen atoms in total. The minimum atomic E-state index is -5.06. The molecule has 1 aliphatic carbocycles. The van der Waals surface area contributed by atoms with Crippen molar-refractivity contribution in [1.29, 1.82) is 0 Å². The molecule has 0 radical (unpaired) electrons. The zero-order chi connectivity index (χ0) is 29.8. The summed E-state index contributed by atoms with van der Waals surface area (Å²) in [6.07, 6.45) is -0.413. The maximum Gasteiger partial charge on any atom is 0.471 e. The summed E-state index contributed by atoms with van der Waals surface area (Å²) in [7, 11) is 0. The predicted molar refractivity (Wildman–Crippen MR) is 150 cm³/mol. The van der Waals surface area contributed by atoms with E-state index in [2.05, 4.69) is 20.2 Å². The number of hydrogen-bond donors (Lipinski definition) is 1. The average molecular weight is 580 g/mol. The maximum absolute atomic E-state index is 13.0. The molecule has 7 rings (SSSR count). The Morgan fingerprint density at radius 3 is 2.28 bits per heavy atom. The van der Waals surface area contributed by atoms with Crippen molar-refractivity contribution in [2.24, 2.45) is 0 Å². The second kappa shape index (κ2) is 9.79. The third-order valence-corrected chi connectivity index (χ3v) is 7.54. The average Bonchev–Trinajstić information content (AvgIpc) is 3.45. The van der Waals surface area contributed by atoms with Crippen LogP contribution in [0.5, 0.6) is 0 Å². The minimum absolute atomic E-state index is 0.206. The van der Waals surface area contributed by atoms with Gasteiger partial charge in [-0.05, 0) is 29.3 Å². The summed E-state index contributed by atoms with van der Waals surface area (Å²) in [6, 6.07) is 21.9. The van der Waals surface area contributed by atoms with Gasteiger partial charge in [0.15, 0.2) is 11.5 Å². The molecule has 1 aliphatic rings. The Morgan fingerprint density at radius 2 is 1.60 bits per heavy atom. The van der Waals surface area contributed by atoms with Gasteiger partial charge >= 0.3 is 12.1 Å². The van der Waals surface area contributed by atoms with Crippen LogP contribution >= 0.6 is 0 Å². The van der Waals surface area contributed by atoms with Crippen LogP contribution in [0.4, 0.5) is 13.2 Å². The minimum Gasteiger partial charge on any atom is -0.338 e. The fraction of sp³-hybridized carbons (Fsp3) is 0.129. The molecule has 6 aromatic rings. The van der Waals surface area contributed by atoms with E-state index in [1.807, 2.05) is 47.8 Å². The quantitative estimate of drug-likeness (QED) is 0.295. The first-order valence-electron chi connectivity index (χ1n) is 13.3. The van der Waals surface area contributed by atoms with Gasteiger partial charge in [0.2, 0.25) is 5.82 Å². The van der Waals surface area contributed by atoms with Crippen LogP contribution < -0.4 is 5.32 Å². The number of benzene rings is 2. The van der Waals surface area contributed by atoms with Gasteiger partial charge in [0.25, 0.3) is 0 Å². The number of carbonyl (C=O) groups is 2. The van der Waals surface area contributed by atoms with Crippen molar-refractivity contribution in [3.05, 3.63) is 97.0 Å². The highest BCUT2D eigenvalue weighted by Gasteiger charge is 2.50. The lowest BCUT2D eigenvalue weighted by atomic mass is 9.70. The number of halogens is 3. The molecule has 0 bridgehead atoms. The van der Waals surface area contributed by atoms with Crippen LogP contribution in [0.3, 0.4) is 0 Å². The Morgan fingerprint density at radius 1 is 0.884 bits per heavy atom. The van der Waals surface area contributed by atoms with Crippen LogP contribution in [0, 0.1) is 0 Å². The van der Waals surface area contributed by atoms with E-state index in [9.17, 15) is 22.8 Å². The lowest BCUT2D eigenvalue weighted by Crippen LogP contribution is -2.57. The molecule has 43 heavy (non-hydrogen) atoms. The molecule has 4 heterocycles. The molecule has 1 saturated carbocycles. The summed E-state index contributed by atoms with van der Waals surface area (Å²) >= 11 is 0. The van der Waals surface area contributed by atoms with Crippen molar-refractivity contribution in [1.82, 2.24) is 34.9 Å². The predicted octanol–water partition coefficient (Wildman–Crippen LogP) is 5.31. The largest absolute Gasteiger partial charge is 0.471 e. The molecule has 0 unspecified atom stereocenters. The van der Waals surface area contributed by atoms with Crippen LogP contribution in [0.25, 0.3) is 50.6 Å². The highest BCUT2D eigenvalue weighted by molar-refractivity contribution is 5.98. The summed E-state index contributed by atoms with van der Waals surface area (Å²) in [5.41, 5.74) is 3.26. The highest BCUT2D eigenvalue weighted by Crippen LogP contribution is 2.41. The van der Waals surface area contributed by atoms with E-state index >= 15 is 0 Å². The van der Waals surface area contributed by atoms with Gasteiger partial charge in [0, 0.05) is 47.9 Å². The Bertz CT molecular complexity index is 2020. The van der Waals surface area contributed by atoms with E-state index in [0.717, 1.165) is 16.5 Å². The van der Waals surface area contributed by atoms with Crippen LogP contribution in [0.1, 0.15) is 18.4 Å². The van der Waals surface area contributed by atoms with Gasteiger partial charge < -0.3 is 5.32 Å². The number of alkyl halides is 3. The summed E-state index contributed by atoms with van der Waals surface area (Å²) < 4.78 is 40.9. The second-order valence-electron chi connectivity index (χ2n) is 10.3. The molecular weight excluding hydrogens is 559 g/mol. The number of fused-ring (bicyclic) bond motifs is 3. The van der Waals surface area contributed by atoms with Gasteiger partial charge in [-0.3, -0.25) is 14.0 Å². The Labute approximate surface area is 241 Å². The van der Waals surface area contributed by atoms with E-state index in [1.165, 1.54) is 0 Å². The zero-order valence-corrected chi connectivity index (χ0v) is 22.2. The smallest absolute Gasteiger partial charge is 0.338 e. The summed E-state index contributed by atoms with van der Waals surface area (Å²) in [6.45, 7) is 0. The monoisotopic (exact) mass is 579 g/mol. The number of amides is 1. The van der Waals surface area contributed by atoms with E-state index in [4.69, 9.17) is 4.98 Å². The van der Waals surface area contributed by atoms with Gasteiger partial charge in [-0.15, -0.1) is 10.2 Å². The number of nitrogens with one attached hydrogen (secondary N) is 1. The molecule has 0 atom stereocenters. The van der Waals surface area contributed by atoms with E-state index in [-0.39, 0.29) is 18.6 Å². The summed E-state index contributed by atoms with van der Waals surface area (Å²) in [5.74, 6) is -1.39. The molecule has 1 N–H and O–H groups in total. The molecule has 2 aromatic carbocycles. The normalized spacial score (nSPS) is 14.5. The van der Waals surface area contributed by atoms with Crippen molar-refractivity contribution >= 4 is 28.2 Å². The van der Waals surface area contributed by atoms with E-state index in [1.54, 1.807) is 53.3 Å². The van der Waals surface area contributed by atoms with Gasteiger partial charge in [0.1, 0.15) is 5.78 Å². The highest BCUT2D eigenvalue weighted by atomic mass is 19.4. The lowest BCUT2D eigenvalue weighted by Gasteiger charge is -2.41. The molecule has 212 valence electrons. The fourth-order valence-electron chi connectivity index (χ4n) is 5.44. The van der Waals surface area contributed by atoms with Crippen LogP contribution in [-0.4, -0.2) is 47.4 Å². The molecule has 12 heteroatoms. The molecule has 0 aliphatic heterocycles. The first-order valence-corrected chi connectivity index (χ1v) is 13.3. The number of nitrogens with zero attached hydrogens (tertiary/aromatic N) is 6. The molecule has 1 fully saturated rings. The molecule has 0 saturated heterocycles. The number of rotatable bonds is 5. The standard InChI is InChI=1S/C31H20F3N7O2/c32-31(33,34)29(43)38-30(16-21(42)17-30)20-9-7-19(8-10-20)25-22(18-5-2-1-3-6-18)15-23-24(37-25)11-14-41-27(23)39-40-28(41)26-35-12-4-13-36-26/h1-15H,16-17H2,(H,38,43). The van der Waals surface area contributed by atoms with Crippen molar-refractivity contribution in [2.75, 3.05) is 0 Å². The summed E-state index contributed by atoms with van der Waals surface area (Å²) in [5, 5.41) is 11.5. The van der Waals surface area contributed by atoms with Crippen molar-refractivity contribution < 1.29 is 22.8 Å². The van der Waals surface area contributed by atoms with E-state index < -0.39 is 17.6 Å². The Kier molecular flexibility index (Phi) is 6.01. The fourth-order valence-corrected chi connectivity index (χ4v) is 5.44. The van der Waals surface area contributed by atoms with Gasteiger partial charge in [-0.1, -0.05) is 54.6 Å². The first kappa shape index (κ1) is 26.4. The van der Waals surface area contributed by atoms with Crippen molar-refractivity contribution in [3.63, 3.8) is 0 Å². The number of hydrogen-bond acceptors (Lipinski definition) is 7. The van der Waals surface area contributed by atoms with Crippen LogP contribution in [0.15, 0.2) is 91.4 Å². The zero-order valence-electron chi connectivity index (χ0n) is 22.2. The third kappa shape index (κ3) is 4.56. The Balaban J connectivity index is 1.34. The Hall–Kier alpha value is -5.52. The molecule has 0 spiro atoms. The maximum atomic E-state index is 13.0. The van der Waals surface area contributed by atoms with Gasteiger partial charge in [0.05, 0.1) is 16.7 Å². The number of pyridine rings is 2. The number of aromatic nitrogens is 6. The second-order valence-corrected chi connectivity index (χ2v) is 10.3. The topological polar surface area (TPSA) is 115 Å². The molecular formula is C31H20F3N7O2. The summed E-state index contributed by atoms with van der Waals surface area (Å²) in [4.78, 5) is 37.2. The third-order valence-electron chi connectivity index (χ3n) is 7.54. The number of ketones is 1. The van der Waals surface area contributed by atoms with Crippen LogP contribution in [-0.2, 0) is 15.1 Å². The van der Waals surface area contributed by atoms with Crippen molar-refractivity contribution in [3.8, 4) is 34.0 Å². The van der Waals surface area contributed by atoms with Crippen LogP contribution in [0.2, 0.25) is 0 Å². The van der Waals surface area contributed by atoms with Gasteiger partial charge in [-0.2, -0.15) is 13.2 Å². The SMILES string of the molecule is O=C1CC(NC(=O)C(F)(F)F)(c2ccc(-c3nc4ccn5c(-c6ncccn6)nnc5c4cc3-c3ccccc3)cc2)C1. The molecule has 4 aromatic heterocycles. The first-order chi connectivity index (χ1) is 20.7. The number of carbonyl (C=O) groups excluding carboxylic acids is 2. The number of Topliss-reactive ketones (excluding diaryl/α,β-unsaturated/α-hetero) is 1. The van der Waals surface area contributed by atoms with Gasteiger partial charge in [-0.25, -0.2) is 15.0 Å². The molecule has 1 amide bonds. The lowest BCUT2D eigenvalue weighted by molar-refractivity contribution is -0.177.